The van der Waals surface area contributed by atoms with Crippen LogP contribution in [-0.4, -0.2) is 26.7 Å². The molecular formula is C15H17N5O. The highest BCUT2D eigenvalue weighted by atomic mass is 16.5. The fourth-order valence-electron chi connectivity index (χ4n) is 2.38. The van der Waals surface area contributed by atoms with E-state index in [0.717, 1.165) is 34.9 Å². The number of benzene rings is 1. The zero-order valence-electron chi connectivity index (χ0n) is 12.3. The van der Waals surface area contributed by atoms with Gasteiger partial charge in [-0.25, -0.2) is 4.98 Å². The Morgan fingerprint density at radius 1 is 1.33 bits per heavy atom. The van der Waals surface area contributed by atoms with Crippen LogP contribution in [0.2, 0.25) is 0 Å². The molecule has 2 aromatic heterocycles. The van der Waals surface area contributed by atoms with Crippen molar-refractivity contribution >= 4 is 17.3 Å². The highest BCUT2D eigenvalue weighted by Crippen LogP contribution is 2.25. The molecule has 2 heterocycles. The average molecular weight is 283 g/mol. The van der Waals surface area contributed by atoms with E-state index in [9.17, 15) is 0 Å². The van der Waals surface area contributed by atoms with Gasteiger partial charge in [0.1, 0.15) is 17.9 Å². The van der Waals surface area contributed by atoms with Crippen LogP contribution in [0.4, 0.5) is 11.5 Å². The number of rotatable bonds is 4. The van der Waals surface area contributed by atoms with Gasteiger partial charge in [-0.3, -0.25) is 0 Å². The van der Waals surface area contributed by atoms with Gasteiger partial charge in [0.2, 0.25) is 0 Å². The third kappa shape index (κ3) is 2.40. The Labute approximate surface area is 122 Å². The third-order valence-corrected chi connectivity index (χ3v) is 3.42. The minimum Gasteiger partial charge on any atom is -0.497 e. The summed E-state index contributed by atoms with van der Waals surface area (Å²) in [6.45, 7) is 4.09. The van der Waals surface area contributed by atoms with Gasteiger partial charge in [-0.05, 0) is 25.5 Å². The standard InChI is InChI=1S/C15H17N5O/c1-4-13-10(2)18-15-16-9-17-20(15)14(13)19-11-6-5-7-12(8-11)21-3/h5-9,19H,4H2,1-3H3. The minimum atomic E-state index is 0.593. The molecule has 0 spiro atoms. The first-order chi connectivity index (χ1) is 10.2. The van der Waals surface area contributed by atoms with E-state index in [1.807, 2.05) is 31.2 Å². The molecule has 0 amide bonds. The van der Waals surface area contributed by atoms with E-state index in [-0.39, 0.29) is 0 Å². The number of nitrogens with one attached hydrogen (secondary N) is 1. The van der Waals surface area contributed by atoms with Crippen molar-refractivity contribution in [1.29, 1.82) is 0 Å². The van der Waals surface area contributed by atoms with E-state index in [1.165, 1.54) is 6.33 Å². The van der Waals surface area contributed by atoms with E-state index < -0.39 is 0 Å². The molecule has 0 fully saturated rings. The summed E-state index contributed by atoms with van der Waals surface area (Å²) in [4.78, 5) is 8.63. The van der Waals surface area contributed by atoms with E-state index in [1.54, 1.807) is 11.6 Å². The van der Waals surface area contributed by atoms with Gasteiger partial charge in [0.15, 0.2) is 0 Å². The second-order valence-electron chi connectivity index (χ2n) is 4.71. The summed E-state index contributed by atoms with van der Waals surface area (Å²) in [6.07, 6.45) is 2.37. The summed E-state index contributed by atoms with van der Waals surface area (Å²) in [5, 5.41) is 7.66. The van der Waals surface area contributed by atoms with Crippen molar-refractivity contribution in [2.24, 2.45) is 0 Å². The Kier molecular flexibility index (Phi) is 3.43. The predicted molar refractivity (Wildman–Crippen MR) is 81.2 cm³/mol. The van der Waals surface area contributed by atoms with Gasteiger partial charge in [0.25, 0.3) is 5.78 Å². The Hall–Kier alpha value is -2.63. The quantitative estimate of drug-likeness (QED) is 0.797. The summed E-state index contributed by atoms with van der Waals surface area (Å²) in [5.74, 6) is 2.29. The van der Waals surface area contributed by atoms with Gasteiger partial charge in [-0.15, -0.1) is 0 Å². The van der Waals surface area contributed by atoms with Gasteiger partial charge in [0, 0.05) is 23.0 Å². The molecule has 0 saturated carbocycles. The van der Waals surface area contributed by atoms with Crippen molar-refractivity contribution in [1.82, 2.24) is 19.6 Å². The lowest BCUT2D eigenvalue weighted by atomic mass is 10.1. The number of fused-ring (bicyclic) bond motifs is 1. The van der Waals surface area contributed by atoms with Crippen molar-refractivity contribution in [3.8, 4) is 5.75 Å². The lowest BCUT2D eigenvalue weighted by Crippen LogP contribution is -2.08. The van der Waals surface area contributed by atoms with Crippen LogP contribution in [0, 0.1) is 6.92 Å². The average Bonchev–Trinajstić information content (AvgIpc) is 2.95. The highest BCUT2D eigenvalue weighted by molar-refractivity contribution is 5.64. The van der Waals surface area contributed by atoms with Gasteiger partial charge in [0.05, 0.1) is 7.11 Å². The molecule has 1 aromatic carbocycles. The van der Waals surface area contributed by atoms with Crippen LogP contribution in [0.25, 0.3) is 5.78 Å². The van der Waals surface area contributed by atoms with E-state index in [0.29, 0.717) is 5.78 Å². The van der Waals surface area contributed by atoms with E-state index in [2.05, 4.69) is 27.3 Å². The Bertz CT molecular complexity index is 781. The zero-order chi connectivity index (χ0) is 14.8. The van der Waals surface area contributed by atoms with Crippen LogP contribution in [-0.2, 0) is 6.42 Å². The summed E-state index contributed by atoms with van der Waals surface area (Å²) in [7, 11) is 1.66. The van der Waals surface area contributed by atoms with E-state index >= 15 is 0 Å². The molecule has 0 unspecified atom stereocenters. The molecule has 1 N–H and O–H groups in total. The lowest BCUT2D eigenvalue weighted by molar-refractivity contribution is 0.415. The van der Waals surface area contributed by atoms with Crippen molar-refractivity contribution in [3.63, 3.8) is 0 Å². The Morgan fingerprint density at radius 3 is 2.95 bits per heavy atom. The van der Waals surface area contributed by atoms with Crippen molar-refractivity contribution in [2.75, 3.05) is 12.4 Å². The number of ether oxygens (including phenoxy) is 1. The molecular weight excluding hydrogens is 266 g/mol. The molecule has 3 aromatic rings. The summed E-state index contributed by atoms with van der Waals surface area (Å²) < 4.78 is 6.99. The van der Waals surface area contributed by atoms with Crippen molar-refractivity contribution < 1.29 is 4.74 Å². The molecule has 0 aliphatic rings. The molecule has 108 valence electrons. The van der Waals surface area contributed by atoms with Crippen LogP contribution in [0.15, 0.2) is 30.6 Å². The van der Waals surface area contributed by atoms with Crippen molar-refractivity contribution in [3.05, 3.63) is 41.9 Å². The number of aryl methyl sites for hydroxylation is 1. The smallest absolute Gasteiger partial charge is 0.254 e. The van der Waals surface area contributed by atoms with Crippen LogP contribution in [0.1, 0.15) is 18.2 Å². The first-order valence-corrected chi connectivity index (χ1v) is 6.83. The summed E-state index contributed by atoms with van der Waals surface area (Å²) in [5.41, 5.74) is 3.02. The molecule has 0 bridgehead atoms. The Morgan fingerprint density at radius 2 is 2.19 bits per heavy atom. The number of hydrogen-bond donors (Lipinski definition) is 1. The fourth-order valence-corrected chi connectivity index (χ4v) is 2.38. The molecule has 0 aliphatic carbocycles. The fraction of sp³-hybridized carbons (Fsp3) is 0.267. The van der Waals surface area contributed by atoms with Crippen LogP contribution < -0.4 is 10.1 Å². The molecule has 6 heteroatoms. The SMILES string of the molecule is CCc1c(C)nc2ncnn2c1Nc1cccc(OC)c1. The molecule has 0 radical (unpaired) electrons. The number of aromatic nitrogens is 4. The first kappa shape index (κ1) is 13.4. The van der Waals surface area contributed by atoms with Gasteiger partial charge in [-0.1, -0.05) is 13.0 Å². The summed E-state index contributed by atoms with van der Waals surface area (Å²) >= 11 is 0. The van der Waals surface area contributed by atoms with Crippen LogP contribution in [0.5, 0.6) is 5.75 Å². The highest BCUT2D eigenvalue weighted by Gasteiger charge is 2.13. The maximum atomic E-state index is 5.26. The number of methoxy groups -OCH3 is 1. The monoisotopic (exact) mass is 283 g/mol. The number of hydrogen-bond acceptors (Lipinski definition) is 5. The van der Waals surface area contributed by atoms with Crippen molar-refractivity contribution in [2.45, 2.75) is 20.3 Å². The minimum absolute atomic E-state index is 0.593. The van der Waals surface area contributed by atoms with Gasteiger partial charge in [-0.2, -0.15) is 14.6 Å². The van der Waals surface area contributed by atoms with Gasteiger partial charge >= 0.3 is 0 Å². The normalized spacial score (nSPS) is 10.8. The second-order valence-corrected chi connectivity index (χ2v) is 4.71. The molecule has 0 saturated heterocycles. The largest absolute Gasteiger partial charge is 0.497 e. The van der Waals surface area contributed by atoms with Crippen LogP contribution >= 0.6 is 0 Å². The molecule has 3 rings (SSSR count). The molecule has 21 heavy (non-hydrogen) atoms. The lowest BCUT2D eigenvalue weighted by Gasteiger charge is -2.14. The third-order valence-electron chi connectivity index (χ3n) is 3.42. The molecule has 6 nitrogen and oxygen atoms in total. The second kappa shape index (κ2) is 5.40. The van der Waals surface area contributed by atoms with Crippen LogP contribution in [0.3, 0.4) is 0 Å². The number of anilines is 2. The maximum absolute atomic E-state index is 5.26. The number of nitrogens with zero attached hydrogens (tertiary/aromatic N) is 4. The Balaban J connectivity index is 2.12. The molecule has 0 aliphatic heterocycles. The van der Waals surface area contributed by atoms with Gasteiger partial charge < -0.3 is 10.1 Å². The summed E-state index contributed by atoms with van der Waals surface area (Å²) in [6, 6.07) is 7.78. The topological polar surface area (TPSA) is 64.3 Å². The van der Waals surface area contributed by atoms with E-state index in [4.69, 9.17) is 4.74 Å². The predicted octanol–water partition coefficient (Wildman–Crippen LogP) is 2.75. The maximum Gasteiger partial charge on any atom is 0.254 e. The molecule has 0 atom stereocenters. The zero-order valence-corrected chi connectivity index (χ0v) is 12.3. The first-order valence-electron chi connectivity index (χ1n) is 6.83.